The molecule has 0 spiro atoms. The van der Waals surface area contributed by atoms with Crippen molar-refractivity contribution in [3.8, 4) is 0 Å². The van der Waals surface area contributed by atoms with Gasteiger partial charge in [-0.1, -0.05) is 25.3 Å². The minimum absolute atomic E-state index is 0.181. The molecular weight excluding hydrogens is 218 g/mol. The first-order valence-electron chi connectivity index (χ1n) is 6.06. The maximum absolute atomic E-state index is 12.0. The minimum Gasteiger partial charge on any atom is -0.341 e. The molecule has 0 saturated heterocycles. The molecule has 2 rings (SSSR count). The van der Waals surface area contributed by atoms with Crippen LogP contribution in [0.25, 0.3) is 0 Å². The Hall–Kier alpha value is -0.830. The molecule has 1 heterocycles. The zero-order valence-corrected chi connectivity index (χ0v) is 10.6. The van der Waals surface area contributed by atoms with Gasteiger partial charge in [-0.15, -0.1) is 11.3 Å². The van der Waals surface area contributed by atoms with Crippen LogP contribution in [0, 0.1) is 5.92 Å². The fourth-order valence-electron chi connectivity index (χ4n) is 2.43. The van der Waals surface area contributed by atoms with Crippen LogP contribution in [-0.4, -0.2) is 24.4 Å². The van der Waals surface area contributed by atoms with Crippen molar-refractivity contribution < 1.29 is 4.79 Å². The third kappa shape index (κ3) is 2.85. The van der Waals surface area contributed by atoms with Crippen molar-refractivity contribution in [1.29, 1.82) is 0 Å². The van der Waals surface area contributed by atoms with Crippen LogP contribution in [0.4, 0.5) is 0 Å². The lowest BCUT2D eigenvalue weighted by Crippen LogP contribution is -2.32. The van der Waals surface area contributed by atoms with E-state index in [0.717, 1.165) is 17.3 Å². The van der Waals surface area contributed by atoms with Gasteiger partial charge in [-0.25, -0.2) is 0 Å². The molecule has 1 fully saturated rings. The van der Waals surface area contributed by atoms with E-state index in [1.54, 1.807) is 0 Å². The van der Waals surface area contributed by atoms with E-state index in [1.807, 2.05) is 29.5 Å². The average Bonchev–Trinajstić information content (AvgIpc) is 2.83. The summed E-state index contributed by atoms with van der Waals surface area (Å²) in [5, 5.41) is 1.96. The second-order valence-corrected chi connectivity index (χ2v) is 5.61. The van der Waals surface area contributed by atoms with Crippen molar-refractivity contribution in [3.63, 3.8) is 0 Å². The number of nitrogens with zero attached hydrogens (tertiary/aromatic N) is 1. The molecule has 1 saturated carbocycles. The van der Waals surface area contributed by atoms with E-state index in [1.165, 1.54) is 43.4 Å². The largest absolute Gasteiger partial charge is 0.341 e. The van der Waals surface area contributed by atoms with Gasteiger partial charge in [-0.3, -0.25) is 4.79 Å². The molecule has 1 aliphatic carbocycles. The first-order chi connectivity index (χ1) is 7.77. The molecule has 1 aromatic rings. The van der Waals surface area contributed by atoms with Crippen molar-refractivity contribution >= 4 is 17.2 Å². The normalized spacial score (nSPS) is 17.3. The third-order valence-corrected chi connectivity index (χ3v) is 4.19. The summed E-state index contributed by atoms with van der Waals surface area (Å²) in [5.41, 5.74) is 0. The zero-order chi connectivity index (χ0) is 11.4. The number of amides is 1. The summed E-state index contributed by atoms with van der Waals surface area (Å²) in [6, 6.07) is 3.84. The molecule has 16 heavy (non-hydrogen) atoms. The maximum atomic E-state index is 12.0. The highest BCUT2D eigenvalue weighted by Crippen LogP contribution is 2.24. The van der Waals surface area contributed by atoms with Crippen LogP contribution in [-0.2, 0) is 0 Å². The summed E-state index contributed by atoms with van der Waals surface area (Å²) in [7, 11) is 1.93. The number of carbonyl (C=O) groups is 1. The van der Waals surface area contributed by atoms with Gasteiger partial charge < -0.3 is 4.90 Å². The smallest absolute Gasteiger partial charge is 0.263 e. The van der Waals surface area contributed by atoms with E-state index < -0.39 is 0 Å². The van der Waals surface area contributed by atoms with Crippen LogP contribution in [0.15, 0.2) is 17.5 Å². The zero-order valence-electron chi connectivity index (χ0n) is 9.82. The topological polar surface area (TPSA) is 20.3 Å². The third-order valence-electron chi connectivity index (χ3n) is 3.34. The molecule has 0 unspecified atom stereocenters. The highest BCUT2D eigenvalue weighted by Gasteiger charge is 2.19. The summed E-state index contributed by atoms with van der Waals surface area (Å²) in [5.74, 6) is 0.906. The molecule has 0 N–H and O–H groups in total. The summed E-state index contributed by atoms with van der Waals surface area (Å²) in [6.45, 7) is 0.927. The highest BCUT2D eigenvalue weighted by atomic mass is 32.1. The van der Waals surface area contributed by atoms with Gasteiger partial charge in [0.05, 0.1) is 4.88 Å². The van der Waals surface area contributed by atoms with Gasteiger partial charge in [-0.2, -0.15) is 0 Å². The molecule has 0 atom stereocenters. The van der Waals surface area contributed by atoms with E-state index in [-0.39, 0.29) is 5.91 Å². The second kappa shape index (κ2) is 5.48. The van der Waals surface area contributed by atoms with Crippen LogP contribution < -0.4 is 0 Å². The predicted molar refractivity (Wildman–Crippen MR) is 67.9 cm³/mol. The Labute approximate surface area is 101 Å². The average molecular weight is 237 g/mol. The highest BCUT2D eigenvalue weighted by molar-refractivity contribution is 7.12. The molecule has 0 bridgehead atoms. The Balaban J connectivity index is 1.87. The number of hydrogen-bond acceptors (Lipinski definition) is 2. The number of carbonyl (C=O) groups excluding carboxylic acids is 1. The van der Waals surface area contributed by atoms with Crippen LogP contribution in [0.5, 0.6) is 0 Å². The van der Waals surface area contributed by atoms with Gasteiger partial charge in [0.25, 0.3) is 5.91 Å². The Bertz CT molecular complexity index is 328. The Morgan fingerprint density at radius 2 is 2.19 bits per heavy atom. The van der Waals surface area contributed by atoms with Gasteiger partial charge in [0, 0.05) is 13.6 Å². The molecule has 88 valence electrons. The summed E-state index contributed by atoms with van der Waals surface area (Å²) >= 11 is 1.53. The monoisotopic (exact) mass is 237 g/mol. The van der Waals surface area contributed by atoms with Gasteiger partial charge in [-0.05, 0) is 30.2 Å². The number of rotatable bonds is 3. The standard InChI is InChI=1S/C13H19NOS/c1-14(10-11-6-3-2-4-7-11)13(15)12-8-5-9-16-12/h5,8-9,11H,2-4,6-7,10H2,1H3. The van der Waals surface area contributed by atoms with Crippen molar-refractivity contribution in [2.75, 3.05) is 13.6 Å². The van der Waals surface area contributed by atoms with E-state index >= 15 is 0 Å². The van der Waals surface area contributed by atoms with Crippen LogP contribution in [0.1, 0.15) is 41.8 Å². The van der Waals surface area contributed by atoms with Crippen LogP contribution >= 0.6 is 11.3 Å². The first-order valence-corrected chi connectivity index (χ1v) is 6.94. The summed E-state index contributed by atoms with van der Waals surface area (Å²) < 4.78 is 0. The Morgan fingerprint density at radius 1 is 1.44 bits per heavy atom. The summed E-state index contributed by atoms with van der Waals surface area (Å²) in [4.78, 5) is 14.8. The lowest BCUT2D eigenvalue weighted by molar-refractivity contribution is 0.0765. The molecule has 0 aliphatic heterocycles. The summed E-state index contributed by atoms with van der Waals surface area (Å²) in [6.07, 6.45) is 6.64. The van der Waals surface area contributed by atoms with E-state index in [2.05, 4.69) is 0 Å². The lowest BCUT2D eigenvalue weighted by atomic mass is 9.89. The molecule has 1 aliphatic rings. The minimum atomic E-state index is 0.181. The van der Waals surface area contributed by atoms with Crippen molar-refractivity contribution in [2.24, 2.45) is 5.92 Å². The maximum Gasteiger partial charge on any atom is 0.263 e. The van der Waals surface area contributed by atoms with E-state index in [0.29, 0.717) is 0 Å². The van der Waals surface area contributed by atoms with Crippen LogP contribution in [0.3, 0.4) is 0 Å². The van der Waals surface area contributed by atoms with E-state index in [9.17, 15) is 4.79 Å². The van der Waals surface area contributed by atoms with Crippen molar-refractivity contribution in [1.82, 2.24) is 4.90 Å². The first kappa shape index (κ1) is 11.6. The van der Waals surface area contributed by atoms with Crippen molar-refractivity contribution in [3.05, 3.63) is 22.4 Å². The van der Waals surface area contributed by atoms with E-state index in [4.69, 9.17) is 0 Å². The molecular formula is C13H19NOS. The van der Waals surface area contributed by atoms with Gasteiger partial charge in [0.15, 0.2) is 0 Å². The van der Waals surface area contributed by atoms with Crippen LogP contribution in [0.2, 0.25) is 0 Å². The predicted octanol–water partition coefficient (Wildman–Crippen LogP) is 3.40. The second-order valence-electron chi connectivity index (χ2n) is 4.67. The molecule has 1 aromatic heterocycles. The fourth-order valence-corrected chi connectivity index (χ4v) is 3.15. The lowest BCUT2D eigenvalue weighted by Gasteiger charge is -2.26. The van der Waals surface area contributed by atoms with Crippen molar-refractivity contribution in [2.45, 2.75) is 32.1 Å². The molecule has 0 radical (unpaired) electrons. The number of thiophene rings is 1. The van der Waals surface area contributed by atoms with Gasteiger partial charge in [0.1, 0.15) is 0 Å². The Morgan fingerprint density at radius 3 is 2.81 bits per heavy atom. The number of hydrogen-bond donors (Lipinski definition) is 0. The Kier molecular flexibility index (Phi) is 3.99. The quantitative estimate of drug-likeness (QED) is 0.789. The van der Waals surface area contributed by atoms with Gasteiger partial charge >= 0.3 is 0 Å². The molecule has 1 amide bonds. The fraction of sp³-hybridized carbons (Fsp3) is 0.615. The SMILES string of the molecule is CN(CC1CCCCC1)C(=O)c1cccs1. The molecule has 2 nitrogen and oxygen atoms in total. The molecule has 0 aromatic carbocycles. The molecule has 3 heteroatoms. The van der Waals surface area contributed by atoms with Gasteiger partial charge in [0.2, 0.25) is 0 Å².